The number of benzene rings is 2. The van der Waals surface area contributed by atoms with Gasteiger partial charge in [0.1, 0.15) is 11.9 Å². The lowest BCUT2D eigenvalue weighted by Crippen LogP contribution is -2.41. The Morgan fingerprint density at radius 2 is 1.62 bits per heavy atom. The molecular formula is C23H31NO5. The highest BCUT2D eigenvalue weighted by Crippen LogP contribution is 2.34. The van der Waals surface area contributed by atoms with Crippen molar-refractivity contribution in [2.45, 2.75) is 64.0 Å². The maximum absolute atomic E-state index is 9.10. The van der Waals surface area contributed by atoms with E-state index in [4.69, 9.17) is 30.3 Å². The summed E-state index contributed by atoms with van der Waals surface area (Å²) >= 11 is 0. The van der Waals surface area contributed by atoms with Crippen LogP contribution in [0.4, 0.5) is 0 Å². The Kier molecular flexibility index (Phi) is 8.02. The number of rotatable bonds is 5. The van der Waals surface area contributed by atoms with Gasteiger partial charge in [0.2, 0.25) is 0 Å². The van der Waals surface area contributed by atoms with Crippen molar-refractivity contribution >= 4 is 22.7 Å². The Balaban J connectivity index is 0.000000438. The number of fused-ring (bicyclic) bond motifs is 1. The minimum absolute atomic E-state index is 0.202. The molecule has 3 rings (SSSR count). The number of hydrogen-bond donors (Lipinski definition) is 3. The van der Waals surface area contributed by atoms with Crippen LogP contribution in [0.3, 0.4) is 0 Å². The van der Waals surface area contributed by atoms with Crippen molar-refractivity contribution in [3.8, 4) is 5.75 Å². The minimum Gasteiger partial charge on any atom is -0.489 e. The molecule has 0 amide bonds. The zero-order valence-electron chi connectivity index (χ0n) is 17.1. The molecule has 0 spiro atoms. The molecule has 0 aromatic heterocycles. The van der Waals surface area contributed by atoms with Crippen molar-refractivity contribution in [1.29, 1.82) is 0 Å². The molecule has 29 heavy (non-hydrogen) atoms. The summed E-state index contributed by atoms with van der Waals surface area (Å²) in [6.07, 6.45) is 7.67. The quantitative estimate of drug-likeness (QED) is 0.639. The van der Waals surface area contributed by atoms with Gasteiger partial charge in [0.15, 0.2) is 0 Å². The highest BCUT2D eigenvalue weighted by molar-refractivity contribution is 6.27. The van der Waals surface area contributed by atoms with Gasteiger partial charge in [-0.25, -0.2) is 9.59 Å². The largest absolute Gasteiger partial charge is 0.489 e. The lowest BCUT2D eigenvalue weighted by atomic mass is 9.81. The molecule has 6 nitrogen and oxygen atoms in total. The van der Waals surface area contributed by atoms with Crippen LogP contribution >= 0.6 is 0 Å². The number of carbonyl (C=O) groups is 2. The van der Waals surface area contributed by atoms with Gasteiger partial charge in [0.25, 0.3) is 0 Å². The Hall–Kier alpha value is -2.60. The van der Waals surface area contributed by atoms with Gasteiger partial charge in [-0.3, -0.25) is 0 Å². The third-order valence-corrected chi connectivity index (χ3v) is 5.11. The Labute approximate surface area is 171 Å². The number of carboxylic acids is 2. The van der Waals surface area contributed by atoms with Crippen LogP contribution in [-0.4, -0.2) is 33.8 Å². The van der Waals surface area contributed by atoms with Gasteiger partial charge in [-0.1, -0.05) is 55.7 Å². The van der Waals surface area contributed by atoms with E-state index >= 15 is 0 Å². The summed E-state index contributed by atoms with van der Waals surface area (Å²) in [5, 5.41) is 17.2. The van der Waals surface area contributed by atoms with Gasteiger partial charge in [-0.05, 0) is 44.1 Å². The van der Waals surface area contributed by atoms with Crippen molar-refractivity contribution in [2.24, 2.45) is 11.7 Å². The third-order valence-electron chi connectivity index (χ3n) is 5.11. The fraction of sp³-hybridized carbons (Fsp3) is 0.478. The van der Waals surface area contributed by atoms with Gasteiger partial charge in [0.05, 0.1) is 0 Å². The van der Waals surface area contributed by atoms with Crippen molar-refractivity contribution < 1.29 is 24.5 Å². The zero-order valence-corrected chi connectivity index (χ0v) is 17.1. The molecule has 0 radical (unpaired) electrons. The number of carboxylic acid groups (broad SMARTS) is 2. The predicted octanol–water partition coefficient (Wildman–Crippen LogP) is 4.45. The number of hydrogen-bond acceptors (Lipinski definition) is 4. The molecule has 0 heterocycles. The monoisotopic (exact) mass is 401 g/mol. The molecule has 1 fully saturated rings. The van der Waals surface area contributed by atoms with E-state index < -0.39 is 11.9 Å². The Bertz CT molecular complexity index is 804. The summed E-state index contributed by atoms with van der Waals surface area (Å²) < 4.78 is 6.56. The standard InChI is InChI=1S/C21H29NO.C2H2O4/c1-21(2,22)15-20(17-10-4-3-5-11-17)23-19-14-8-12-16-9-6-7-13-18(16)19;3-1(4)2(5)6/h6-9,12-14,17,20H,3-5,10-11,15,22H2,1-2H3;(H,3,4)(H,5,6). The second-order valence-corrected chi connectivity index (χ2v) is 8.33. The summed E-state index contributed by atoms with van der Waals surface area (Å²) in [6, 6.07) is 14.8. The fourth-order valence-corrected chi connectivity index (χ4v) is 3.79. The first-order valence-electron chi connectivity index (χ1n) is 10.1. The minimum atomic E-state index is -1.82. The molecule has 1 unspecified atom stereocenters. The average Bonchev–Trinajstić information content (AvgIpc) is 2.68. The van der Waals surface area contributed by atoms with Gasteiger partial charge in [-0.2, -0.15) is 0 Å². The molecule has 1 atom stereocenters. The molecule has 0 bridgehead atoms. The van der Waals surface area contributed by atoms with E-state index in [1.165, 1.54) is 42.9 Å². The molecule has 158 valence electrons. The molecule has 1 aliphatic rings. The summed E-state index contributed by atoms with van der Waals surface area (Å²) in [5.41, 5.74) is 6.13. The van der Waals surface area contributed by atoms with Gasteiger partial charge in [-0.15, -0.1) is 0 Å². The first kappa shape index (κ1) is 22.7. The van der Waals surface area contributed by atoms with Crippen LogP contribution in [0.5, 0.6) is 5.75 Å². The molecular weight excluding hydrogens is 370 g/mol. The van der Waals surface area contributed by atoms with Gasteiger partial charge >= 0.3 is 11.9 Å². The van der Waals surface area contributed by atoms with Crippen LogP contribution in [-0.2, 0) is 9.59 Å². The maximum Gasteiger partial charge on any atom is 0.414 e. The number of ether oxygens (including phenoxy) is 1. The summed E-state index contributed by atoms with van der Waals surface area (Å²) in [5.74, 6) is -2.02. The molecule has 2 aromatic carbocycles. The van der Waals surface area contributed by atoms with Crippen LogP contribution in [0, 0.1) is 5.92 Å². The molecule has 6 heteroatoms. The van der Waals surface area contributed by atoms with E-state index in [2.05, 4.69) is 56.3 Å². The molecule has 4 N–H and O–H groups in total. The molecule has 0 aliphatic heterocycles. The molecule has 2 aromatic rings. The van der Waals surface area contributed by atoms with E-state index in [-0.39, 0.29) is 11.6 Å². The van der Waals surface area contributed by atoms with Gasteiger partial charge < -0.3 is 20.7 Å². The maximum atomic E-state index is 9.10. The van der Waals surface area contributed by atoms with Crippen molar-refractivity contribution in [3.05, 3.63) is 42.5 Å². The lowest BCUT2D eigenvalue weighted by Gasteiger charge is -2.35. The second-order valence-electron chi connectivity index (χ2n) is 8.33. The Morgan fingerprint density at radius 1 is 1.03 bits per heavy atom. The summed E-state index contributed by atoms with van der Waals surface area (Å²) in [4.78, 5) is 18.2. The van der Waals surface area contributed by atoms with Crippen LogP contribution in [0.15, 0.2) is 42.5 Å². The first-order chi connectivity index (χ1) is 13.7. The predicted molar refractivity (Wildman–Crippen MR) is 113 cm³/mol. The highest BCUT2D eigenvalue weighted by atomic mass is 16.5. The van der Waals surface area contributed by atoms with Crippen LogP contribution in [0.25, 0.3) is 10.8 Å². The number of aliphatic carboxylic acids is 2. The fourth-order valence-electron chi connectivity index (χ4n) is 3.79. The number of nitrogens with two attached hydrogens (primary N) is 1. The van der Waals surface area contributed by atoms with Crippen LogP contribution in [0.1, 0.15) is 52.4 Å². The molecule has 1 aliphatic carbocycles. The van der Waals surface area contributed by atoms with E-state index in [0.717, 1.165) is 12.2 Å². The normalized spacial score (nSPS) is 15.8. The summed E-state index contributed by atoms with van der Waals surface area (Å²) in [6.45, 7) is 4.21. The molecule has 0 saturated heterocycles. The van der Waals surface area contributed by atoms with E-state index in [0.29, 0.717) is 5.92 Å². The highest BCUT2D eigenvalue weighted by Gasteiger charge is 2.30. The van der Waals surface area contributed by atoms with E-state index in [1.54, 1.807) is 0 Å². The average molecular weight is 402 g/mol. The van der Waals surface area contributed by atoms with Crippen molar-refractivity contribution in [3.63, 3.8) is 0 Å². The van der Waals surface area contributed by atoms with Crippen LogP contribution in [0.2, 0.25) is 0 Å². The molecule has 1 saturated carbocycles. The smallest absolute Gasteiger partial charge is 0.414 e. The first-order valence-corrected chi connectivity index (χ1v) is 10.1. The topological polar surface area (TPSA) is 110 Å². The van der Waals surface area contributed by atoms with Crippen LogP contribution < -0.4 is 10.5 Å². The Morgan fingerprint density at radius 3 is 2.21 bits per heavy atom. The lowest BCUT2D eigenvalue weighted by molar-refractivity contribution is -0.159. The SMILES string of the molecule is CC(C)(N)CC(Oc1cccc2ccccc12)C1CCCCC1.O=C(O)C(=O)O. The van der Waals surface area contributed by atoms with Gasteiger partial charge in [0, 0.05) is 17.3 Å². The summed E-state index contributed by atoms with van der Waals surface area (Å²) in [7, 11) is 0. The second kappa shape index (κ2) is 10.3. The van der Waals surface area contributed by atoms with Crippen molar-refractivity contribution in [2.75, 3.05) is 0 Å². The van der Waals surface area contributed by atoms with Crippen molar-refractivity contribution in [1.82, 2.24) is 0 Å². The third kappa shape index (κ3) is 7.38. The zero-order chi connectivity index (χ0) is 21.4. The van der Waals surface area contributed by atoms with E-state index in [9.17, 15) is 0 Å². The van der Waals surface area contributed by atoms with E-state index in [1.807, 2.05) is 0 Å².